The van der Waals surface area contributed by atoms with Crippen molar-refractivity contribution in [2.24, 2.45) is 23.7 Å². The van der Waals surface area contributed by atoms with E-state index in [1.54, 1.807) is 0 Å². The lowest BCUT2D eigenvalue weighted by molar-refractivity contribution is -0.0109. The van der Waals surface area contributed by atoms with Crippen molar-refractivity contribution in [3.8, 4) is 0 Å². The molecular weight excluding hydrogens is 196 g/mol. The molecule has 0 N–H and O–H groups in total. The molecule has 94 valence electrons. The molecule has 2 aliphatic carbocycles. The summed E-state index contributed by atoms with van der Waals surface area (Å²) in [6, 6.07) is 0. The second-order valence-corrected chi connectivity index (χ2v) is 6.52. The highest BCUT2D eigenvalue weighted by atomic mass is 16.5. The molecule has 2 bridgehead atoms. The van der Waals surface area contributed by atoms with Crippen LogP contribution in [0.5, 0.6) is 0 Å². The van der Waals surface area contributed by atoms with Crippen LogP contribution in [0.25, 0.3) is 0 Å². The van der Waals surface area contributed by atoms with Gasteiger partial charge in [0.15, 0.2) is 0 Å². The van der Waals surface area contributed by atoms with E-state index in [0.29, 0.717) is 12.0 Å². The van der Waals surface area contributed by atoms with Crippen LogP contribution in [-0.4, -0.2) is 12.7 Å². The van der Waals surface area contributed by atoms with Gasteiger partial charge in [0.05, 0.1) is 6.10 Å². The Morgan fingerprint density at radius 2 is 1.62 bits per heavy atom. The number of hydrogen-bond acceptors (Lipinski definition) is 1. The van der Waals surface area contributed by atoms with E-state index in [-0.39, 0.29) is 0 Å². The van der Waals surface area contributed by atoms with Crippen molar-refractivity contribution in [1.82, 2.24) is 0 Å². The van der Waals surface area contributed by atoms with Gasteiger partial charge in [-0.2, -0.15) is 0 Å². The molecule has 0 radical (unpaired) electrons. The Morgan fingerprint density at radius 3 is 2.19 bits per heavy atom. The average Bonchev–Trinajstić information content (AvgIpc) is 2.25. The summed E-state index contributed by atoms with van der Waals surface area (Å²) in [6.07, 6.45) is 9.32. The van der Waals surface area contributed by atoms with Gasteiger partial charge in [-0.1, -0.05) is 33.1 Å². The van der Waals surface area contributed by atoms with E-state index in [1.165, 1.54) is 38.5 Å². The zero-order valence-electron chi connectivity index (χ0n) is 11.2. The Morgan fingerprint density at radius 1 is 1.00 bits per heavy atom. The van der Waals surface area contributed by atoms with Crippen molar-refractivity contribution in [3.63, 3.8) is 0 Å². The lowest BCUT2D eigenvalue weighted by atomic mass is 9.68. The van der Waals surface area contributed by atoms with Gasteiger partial charge in [-0.05, 0) is 49.9 Å². The molecule has 1 nitrogen and oxygen atoms in total. The highest BCUT2D eigenvalue weighted by Gasteiger charge is 2.31. The molecule has 0 aliphatic heterocycles. The Hall–Kier alpha value is -0.0400. The maximum Gasteiger partial charge on any atom is 0.0570 e. The third kappa shape index (κ3) is 3.23. The van der Waals surface area contributed by atoms with Gasteiger partial charge in [0, 0.05) is 6.61 Å². The van der Waals surface area contributed by atoms with Crippen LogP contribution in [0.2, 0.25) is 0 Å². The molecule has 0 saturated heterocycles. The van der Waals surface area contributed by atoms with E-state index >= 15 is 0 Å². The smallest absolute Gasteiger partial charge is 0.0570 e. The molecule has 3 atom stereocenters. The highest BCUT2D eigenvalue weighted by molar-refractivity contribution is 4.83. The molecule has 0 spiro atoms. The predicted octanol–water partition coefficient (Wildman–Crippen LogP) is 4.26. The van der Waals surface area contributed by atoms with Gasteiger partial charge in [-0.25, -0.2) is 0 Å². The van der Waals surface area contributed by atoms with Crippen molar-refractivity contribution in [1.29, 1.82) is 0 Å². The molecule has 2 saturated carbocycles. The van der Waals surface area contributed by atoms with E-state index in [0.717, 1.165) is 24.4 Å². The Kier molecular flexibility index (Phi) is 4.29. The van der Waals surface area contributed by atoms with Crippen LogP contribution >= 0.6 is 0 Å². The number of rotatable bonds is 4. The summed E-state index contributed by atoms with van der Waals surface area (Å²) in [5.41, 5.74) is 0. The van der Waals surface area contributed by atoms with Crippen molar-refractivity contribution >= 4 is 0 Å². The van der Waals surface area contributed by atoms with E-state index in [1.807, 2.05) is 0 Å². The van der Waals surface area contributed by atoms with Crippen molar-refractivity contribution < 1.29 is 4.74 Å². The van der Waals surface area contributed by atoms with Gasteiger partial charge < -0.3 is 4.74 Å². The normalized spacial score (nSPS) is 36.4. The zero-order valence-corrected chi connectivity index (χ0v) is 11.2. The van der Waals surface area contributed by atoms with E-state index < -0.39 is 0 Å². The van der Waals surface area contributed by atoms with Crippen molar-refractivity contribution in [2.75, 3.05) is 6.61 Å². The highest BCUT2D eigenvalue weighted by Crippen LogP contribution is 2.42. The number of ether oxygens (including phenoxy) is 1. The second kappa shape index (κ2) is 5.53. The Bertz CT molecular complexity index is 199. The molecule has 0 aromatic rings. The summed E-state index contributed by atoms with van der Waals surface area (Å²) in [5.74, 6) is 3.60. The van der Waals surface area contributed by atoms with Gasteiger partial charge >= 0.3 is 0 Å². The SMILES string of the molecule is CC(C)[C@H](C)OCC1CC2CCCC(C2)C1. The first-order chi connectivity index (χ1) is 7.65. The number of hydrogen-bond donors (Lipinski definition) is 0. The fourth-order valence-electron chi connectivity index (χ4n) is 3.49. The van der Waals surface area contributed by atoms with Gasteiger partial charge in [-0.15, -0.1) is 0 Å². The summed E-state index contributed by atoms with van der Waals surface area (Å²) in [5, 5.41) is 0. The molecule has 16 heavy (non-hydrogen) atoms. The van der Waals surface area contributed by atoms with E-state index in [9.17, 15) is 0 Å². The topological polar surface area (TPSA) is 9.23 Å². The average molecular weight is 224 g/mol. The fraction of sp³-hybridized carbons (Fsp3) is 1.00. The van der Waals surface area contributed by atoms with Crippen LogP contribution in [0.15, 0.2) is 0 Å². The predicted molar refractivity (Wildman–Crippen MR) is 68.4 cm³/mol. The van der Waals surface area contributed by atoms with E-state index in [4.69, 9.17) is 4.74 Å². The van der Waals surface area contributed by atoms with Crippen LogP contribution in [0.1, 0.15) is 59.3 Å². The lowest BCUT2D eigenvalue weighted by Gasteiger charge is -2.39. The molecule has 0 aromatic carbocycles. The third-order valence-electron chi connectivity index (χ3n) is 4.76. The first kappa shape index (κ1) is 12.4. The maximum absolute atomic E-state index is 6.01. The van der Waals surface area contributed by atoms with E-state index in [2.05, 4.69) is 20.8 Å². The minimum absolute atomic E-state index is 0.432. The Labute approximate surface area is 101 Å². The Balaban J connectivity index is 1.74. The molecule has 2 unspecified atom stereocenters. The summed E-state index contributed by atoms with van der Waals surface area (Å²) in [7, 11) is 0. The second-order valence-electron chi connectivity index (χ2n) is 6.52. The van der Waals surface area contributed by atoms with Gasteiger partial charge in [0.1, 0.15) is 0 Å². The summed E-state index contributed by atoms with van der Waals surface area (Å²) in [4.78, 5) is 0. The van der Waals surface area contributed by atoms with Gasteiger partial charge in [-0.3, -0.25) is 0 Å². The molecule has 2 fully saturated rings. The molecule has 2 aliphatic rings. The first-order valence-electron chi connectivity index (χ1n) is 7.26. The molecule has 1 heteroatoms. The largest absolute Gasteiger partial charge is 0.378 e. The summed E-state index contributed by atoms with van der Waals surface area (Å²) in [6.45, 7) is 7.74. The minimum atomic E-state index is 0.432. The standard InChI is InChI=1S/C15H28O/c1-11(2)12(3)16-10-15-8-13-5-4-6-14(7-13)9-15/h11-15H,4-10H2,1-3H3/t12-,13?,14?,15?/m0/s1. The monoisotopic (exact) mass is 224 g/mol. The molecule has 0 amide bonds. The van der Waals surface area contributed by atoms with Crippen LogP contribution in [-0.2, 0) is 4.74 Å². The number of fused-ring (bicyclic) bond motifs is 2. The minimum Gasteiger partial charge on any atom is -0.378 e. The lowest BCUT2D eigenvalue weighted by Crippen LogP contribution is -2.30. The molecular formula is C15H28O. The first-order valence-corrected chi connectivity index (χ1v) is 7.26. The summed E-state index contributed by atoms with van der Waals surface area (Å²) < 4.78 is 6.01. The van der Waals surface area contributed by atoms with Crippen LogP contribution in [0.3, 0.4) is 0 Å². The zero-order chi connectivity index (χ0) is 11.5. The molecule has 2 rings (SSSR count). The van der Waals surface area contributed by atoms with Gasteiger partial charge in [0.25, 0.3) is 0 Å². The molecule has 0 aromatic heterocycles. The third-order valence-corrected chi connectivity index (χ3v) is 4.76. The van der Waals surface area contributed by atoms with Crippen LogP contribution in [0.4, 0.5) is 0 Å². The molecule has 0 heterocycles. The van der Waals surface area contributed by atoms with Gasteiger partial charge in [0.2, 0.25) is 0 Å². The fourth-order valence-corrected chi connectivity index (χ4v) is 3.49. The van der Waals surface area contributed by atoms with Crippen LogP contribution < -0.4 is 0 Å². The summed E-state index contributed by atoms with van der Waals surface area (Å²) >= 11 is 0. The quantitative estimate of drug-likeness (QED) is 0.693. The maximum atomic E-state index is 6.01. The van der Waals surface area contributed by atoms with Crippen LogP contribution in [0, 0.1) is 23.7 Å². The van der Waals surface area contributed by atoms with Crippen molar-refractivity contribution in [2.45, 2.75) is 65.4 Å². The van der Waals surface area contributed by atoms with Crippen molar-refractivity contribution in [3.05, 3.63) is 0 Å².